The molecule has 4 nitrogen and oxygen atoms in total. The largest absolute Gasteiger partial charge is 0.386 e. The highest BCUT2D eigenvalue weighted by Crippen LogP contribution is 2.37. The lowest BCUT2D eigenvalue weighted by molar-refractivity contribution is -0.117. The zero-order chi connectivity index (χ0) is 13.4. The van der Waals surface area contributed by atoms with E-state index in [1.54, 1.807) is 0 Å². The minimum absolute atomic E-state index is 0.0567. The van der Waals surface area contributed by atoms with Crippen LogP contribution in [0.15, 0.2) is 18.2 Å². The maximum absolute atomic E-state index is 11.8. The molecule has 1 amide bonds. The first-order valence-electron chi connectivity index (χ1n) is 6.95. The summed E-state index contributed by atoms with van der Waals surface area (Å²) in [6.07, 6.45) is 1.97. The summed E-state index contributed by atoms with van der Waals surface area (Å²) in [6.45, 7) is 2.73. The molecule has 0 spiro atoms. The Bertz CT molecular complexity index is 494. The van der Waals surface area contributed by atoms with Gasteiger partial charge >= 0.3 is 0 Å². The van der Waals surface area contributed by atoms with E-state index in [0.29, 0.717) is 0 Å². The van der Waals surface area contributed by atoms with Crippen LogP contribution < -0.4 is 5.32 Å². The van der Waals surface area contributed by atoms with Crippen LogP contribution in [0.2, 0.25) is 0 Å². The smallest absolute Gasteiger partial charge is 0.231 e. The van der Waals surface area contributed by atoms with Crippen LogP contribution in [0.4, 0.5) is 5.69 Å². The van der Waals surface area contributed by atoms with Gasteiger partial charge in [0.25, 0.3) is 0 Å². The standard InChI is InChI=1S/C15H19NO3/c1-2-10-11-8-9(5-6-12(11)16-15(10)18)14(17)13-4-3-7-19-13/h5-6,8,10,13-14,17H,2-4,7H2,1H3,(H,16,18). The van der Waals surface area contributed by atoms with Crippen molar-refractivity contribution in [2.75, 3.05) is 11.9 Å². The SMILES string of the molecule is CCC1C(=O)Nc2ccc(C(O)C3CCCO3)cc21. The van der Waals surface area contributed by atoms with Gasteiger partial charge in [-0.25, -0.2) is 0 Å². The second-order valence-corrected chi connectivity index (χ2v) is 5.29. The summed E-state index contributed by atoms with van der Waals surface area (Å²) < 4.78 is 5.53. The lowest BCUT2D eigenvalue weighted by atomic mass is 9.93. The van der Waals surface area contributed by atoms with Gasteiger partial charge in [0.05, 0.1) is 12.0 Å². The molecule has 0 bridgehead atoms. The summed E-state index contributed by atoms with van der Waals surface area (Å²) in [5.74, 6) is -0.0343. The van der Waals surface area contributed by atoms with Gasteiger partial charge in [0.2, 0.25) is 5.91 Å². The van der Waals surface area contributed by atoms with Gasteiger partial charge < -0.3 is 15.2 Å². The number of aliphatic hydroxyl groups excluding tert-OH is 1. The highest BCUT2D eigenvalue weighted by molar-refractivity contribution is 6.02. The van der Waals surface area contributed by atoms with Gasteiger partial charge in [-0.2, -0.15) is 0 Å². The van der Waals surface area contributed by atoms with E-state index in [-0.39, 0.29) is 17.9 Å². The van der Waals surface area contributed by atoms with Crippen molar-refractivity contribution in [3.8, 4) is 0 Å². The zero-order valence-corrected chi connectivity index (χ0v) is 11.1. The third kappa shape index (κ3) is 2.15. The minimum atomic E-state index is -0.596. The molecular weight excluding hydrogens is 242 g/mol. The van der Waals surface area contributed by atoms with Crippen molar-refractivity contribution >= 4 is 11.6 Å². The minimum Gasteiger partial charge on any atom is -0.386 e. The molecule has 1 fully saturated rings. The van der Waals surface area contributed by atoms with E-state index >= 15 is 0 Å². The number of fused-ring (bicyclic) bond motifs is 1. The number of benzene rings is 1. The fraction of sp³-hybridized carbons (Fsp3) is 0.533. The number of carbonyl (C=O) groups is 1. The van der Waals surface area contributed by atoms with Crippen molar-refractivity contribution < 1.29 is 14.6 Å². The molecule has 2 N–H and O–H groups in total. The lowest BCUT2D eigenvalue weighted by Gasteiger charge is -2.19. The van der Waals surface area contributed by atoms with E-state index in [0.717, 1.165) is 42.7 Å². The highest BCUT2D eigenvalue weighted by Gasteiger charge is 2.31. The Morgan fingerprint density at radius 1 is 1.53 bits per heavy atom. The van der Waals surface area contributed by atoms with E-state index in [1.807, 2.05) is 25.1 Å². The lowest BCUT2D eigenvalue weighted by Crippen LogP contribution is -2.17. The van der Waals surface area contributed by atoms with Crippen molar-refractivity contribution in [1.29, 1.82) is 0 Å². The van der Waals surface area contributed by atoms with Crippen LogP contribution in [0.1, 0.15) is 49.3 Å². The number of hydrogen-bond donors (Lipinski definition) is 2. The molecule has 0 saturated carbocycles. The summed E-state index contributed by atoms with van der Waals surface area (Å²) in [5.41, 5.74) is 2.72. The molecule has 1 saturated heterocycles. The monoisotopic (exact) mass is 261 g/mol. The van der Waals surface area contributed by atoms with Crippen molar-refractivity contribution in [3.05, 3.63) is 29.3 Å². The molecule has 19 heavy (non-hydrogen) atoms. The average Bonchev–Trinajstić information content (AvgIpc) is 3.03. The van der Waals surface area contributed by atoms with Gasteiger partial charge in [-0.05, 0) is 36.5 Å². The first-order chi connectivity index (χ1) is 9.20. The molecule has 2 aliphatic rings. The summed E-state index contributed by atoms with van der Waals surface area (Å²) in [5, 5.41) is 13.2. The Labute approximate surface area is 112 Å². The molecule has 3 unspecified atom stereocenters. The van der Waals surface area contributed by atoms with Crippen LogP contribution in [0.25, 0.3) is 0 Å². The Hall–Kier alpha value is -1.39. The Morgan fingerprint density at radius 3 is 3.05 bits per heavy atom. The van der Waals surface area contributed by atoms with Crippen molar-refractivity contribution in [1.82, 2.24) is 0 Å². The summed E-state index contributed by atoms with van der Waals surface area (Å²) >= 11 is 0. The van der Waals surface area contributed by atoms with Crippen molar-refractivity contribution in [2.24, 2.45) is 0 Å². The average molecular weight is 261 g/mol. The number of ether oxygens (including phenoxy) is 1. The van der Waals surface area contributed by atoms with Crippen LogP contribution in [-0.4, -0.2) is 23.7 Å². The molecule has 102 valence electrons. The van der Waals surface area contributed by atoms with Crippen molar-refractivity contribution in [3.63, 3.8) is 0 Å². The van der Waals surface area contributed by atoms with E-state index in [4.69, 9.17) is 4.74 Å². The van der Waals surface area contributed by atoms with Gasteiger partial charge in [-0.1, -0.05) is 19.1 Å². The predicted molar refractivity (Wildman–Crippen MR) is 72.0 cm³/mol. The number of nitrogens with one attached hydrogen (secondary N) is 1. The molecule has 0 aliphatic carbocycles. The molecular formula is C15H19NO3. The number of anilines is 1. The zero-order valence-electron chi connectivity index (χ0n) is 11.1. The highest BCUT2D eigenvalue weighted by atomic mass is 16.5. The molecule has 0 aromatic heterocycles. The summed E-state index contributed by atoms with van der Waals surface area (Å²) in [7, 11) is 0. The maximum Gasteiger partial charge on any atom is 0.231 e. The second kappa shape index (κ2) is 4.94. The topological polar surface area (TPSA) is 58.6 Å². The Balaban J connectivity index is 1.89. The van der Waals surface area contributed by atoms with E-state index < -0.39 is 6.10 Å². The maximum atomic E-state index is 11.8. The number of hydrogen-bond acceptors (Lipinski definition) is 3. The van der Waals surface area contributed by atoms with Gasteiger partial charge in [0.15, 0.2) is 0 Å². The van der Waals surface area contributed by atoms with Crippen LogP contribution >= 0.6 is 0 Å². The first kappa shape index (κ1) is 12.6. The van der Waals surface area contributed by atoms with Gasteiger partial charge in [-0.15, -0.1) is 0 Å². The first-order valence-corrected chi connectivity index (χ1v) is 6.95. The number of amides is 1. The fourth-order valence-corrected chi connectivity index (χ4v) is 3.00. The fourth-order valence-electron chi connectivity index (χ4n) is 3.00. The van der Waals surface area contributed by atoms with E-state index in [9.17, 15) is 9.90 Å². The molecule has 1 aromatic carbocycles. The number of aliphatic hydroxyl groups is 1. The molecule has 3 atom stereocenters. The van der Waals surface area contributed by atoms with Crippen LogP contribution in [0, 0.1) is 0 Å². The second-order valence-electron chi connectivity index (χ2n) is 5.29. The molecule has 2 aliphatic heterocycles. The molecule has 0 radical (unpaired) electrons. The summed E-state index contributed by atoms with van der Waals surface area (Å²) in [4.78, 5) is 11.8. The van der Waals surface area contributed by atoms with Crippen LogP contribution in [-0.2, 0) is 9.53 Å². The third-order valence-corrected chi connectivity index (χ3v) is 4.09. The van der Waals surface area contributed by atoms with Gasteiger partial charge in [0, 0.05) is 12.3 Å². The quantitative estimate of drug-likeness (QED) is 0.878. The predicted octanol–water partition coefficient (Wildman–Crippen LogP) is 2.34. The van der Waals surface area contributed by atoms with E-state index in [1.165, 1.54) is 0 Å². The van der Waals surface area contributed by atoms with E-state index in [2.05, 4.69) is 5.32 Å². The third-order valence-electron chi connectivity index (χ3n) is 4.09. The van der Waals surface area contributed by atoms with Gasteiger partial charge in [0.1, 0.15) is 6.10 Å². The molecule has 2 heterocycles. The number of rotatable bonds is 3. The molecule has 3 rings (SSSR count). The molecule has 1 aromatic rings. The number of carbonyl (C=O) groups excluding carboxylic acids is 1. The van der Waals surface area contributed by atoms with Gasteiger partial charge in [-0.3, -0.25) is 4.79 Å². The van der Waals surface area contributed by atoms with Crippen molar-refractivity contribution in [2.45, 2.75) is 44.3 Å². The Kier molecular flexibility index (Phi) is 3.29. The Morgan fingerprint density at radius 2 is 2.37 bits per heavy atom. The normalized spacial score (nSPS) is 27.2. The van der Waals surface area contributed by atoms with Crippen LogP contribution in [0.3, 0.4) is 0 Å². The summed E-state index contributed by atoms with van der Waals surface area (Å²) in [6, 6.07) is 5.72. The van der Waals surface area contributed by atoms with Crippen LogP contribution in [0.5, 0.6) is 0 Å². The molecule has 4 heteroatoms.